The van der Waals surface area contributed by atoms with E-state index in [1.807, 2.05) is 52.0 Å². The van der Waals surface area contributed by atoms with Crippen LogP contribution in [-0.4, -0.2) is 27.9 Å². The first kappa shape index (κ1) is 18.2. The molecule has 0 aliphatic rings. The molecule has 122 valence electrons. The van der Waals surface area contributed by atoms with Crippen molar-refractivity contribution in [3.8, 4) is 0 Å². The van der Waals surface area contributed by atoms with Crippen LogP contribution >= 0.6 is 0 Å². The minimum atomic E-state index is -0.938. The third-order valence-electron chi connectivity index (χ3n) is 3.76. The average Bonchev–Trinajstić information content (AvgIpc) is 2.45. The molecule has 1 aromatic rings. The topological polar surface area (TPSA) is 57.6 Å². The Bertz CT molecular complexity index is 494. The summed E-state index contributed by atoms with van der Waals surface area (Å²) in [6, 6.07) is 7.08. The molecule has 0 aromatic heterocycles. The van der Waals surface area contributed by atoms with Crippen molar-refractivity contribution < 1.29 is 14.7 Å². The van der Waals surface area contributed by atoms with E-state index in [0.29, 0.717) is 13.0 Å². The number of hydrogen-bond acceptors (Lipinski definition) is 2. The number of rotatable bonds is 8. The van der Waals surface area contributed by atoms with Gasteiger partial charge in [0.1, 0.15) is 6.04 Å². The summed E-state index contributed by atoms with van der Waals surface area (Å²) in [5, 5.41) is 9.52. The van der Waals surface area contributed by atoms with Crippen LogP contribution in [0.2, 0.25) is 0 Å². The smallest absolute Gasteiger partial charge is 0.326 e. The van der Waals surface area contributed by atoms with E-state index in [-0.39, 0.29) is 11.8 Å². The molecular weight excluding hydrogens is 278 g/mol. The van der Waals surface area contributed by atoms with Gasteiger partial charge in [-0.2, -0.15) is 0 Å². The second-order valence-corrected chi connectivity index (χ2v) is 6.14. The Balaban J connectivity index is 3.01. The number of hydrogen-bond donors (Lipinski definition) is 1. The van der Waals surface area contributed by atoms with E-state index >= 15 is 0 Å². The van der Waals surface area contributed by atoms with Crippen molar-refractivity contribution in [2.75, 3.05) is 0 Å². The van der Waals surface area contributed by atoms with Crippen LogP contribution in [0.4, 0.5) is 0 Å². The second kappa shape index (κ2) is 8.57. The molecule has 0 heterocycles. The first-order chi connectivity index (χ1) is 10.4. The normalized spacial score (nSPS) is 12.2. The lowest BCUT2D eigenvalue weighted by atomic mass is 10.0. The van der Waals surface area contributed by atoms with Gasteiger partial charge >= 0.3 is 5.97 Å². The van der Waals surface area contributed by atoms with Crippen molar-refractivity contribution in [2.24, 2.45) is 5.92 Å². The standard InChI is InChI=1S/C18H27NO3/c1-5-6-7-16(20)19(17(13(2)3)18(21)22)12-15-10-8-14(4)9-11-15/h8-11,13,17H,5-7,12H2,1-4H3,(H,21,22)/t17-/m0/s1. The van der Waals surface area contributed by atoms with E-state index in [4.69, 9.17) is 0 Å². The maximum absolute atomic E-state index is 12.5. The summed E-state index contributed by atoms with van der Waals surface area (Å²) in [6.07, 6.45) is 2.11. The molecule has 0 aliphatic carbocycles. The van der Waals surface area contributed by atoms with Crippen LogP contribution in [-0.2, 0) is 16.1 Å². The summed E-state index contributed by atoms with van der Waals surface area (Å²) in [6.45, 7) is 8.05. The number of amides is 1. The Morgan fingerprint density at radius 3 is 2.23 bits per heavy atom. The predicted octanol–water partition coefficient (Wildman–Crippen LogP) is 3.62. The number of nitrogens with zero attached hydrogens (tertiary/aromatic N) is 1. The maximum atomic E-state index is 12.5. The molecule has 0 radical (unpaired) electrons. The molecule has 1 rings (SSSR count). The fraction of sp³-hybridized carbons (Fsp3) is 0.556. The van der Waals surface area contributed by atoms with Gasteiger partial charge in [0.05, 0.1) is 0 Å². The maximum Gasteiger partial charge on any atom is 0.326 e. The van der Waals surface area contributed by atoms with Gasteiger partial charge in [0.2, 0.25) is 5.91 Å². The molecule has 0 unspecified atom stereocenters. The Labute approximate surface area is 133 Å². The molecule has 0 fully saturated rings. The molecule has 22 heavy (non-hydrogen) atoms. The van der Waals surface area contributed by atoms with Crippen molar-refractivity contribution in [3.05, 3.63) is 35.4 Å². The molecule has 4 nitrogen and oxygen atoms in total. The number of carbonyl (C=O) groups excluding carboxylic acids is 1. The van der Waals surface area contributed by atoms with E-state index in [1.54, 1.807) is 0 Å². The van der Waals surface area contributed by atoms with Crippen LogP contribution < -0.4 is 0 Å². The first-order valence-electron chi connectivity index (χ1n) is 7.94. The lowest BCUT2D eigenvalue weighted by Crippen LogP contribution is -2.47. The second-order valence-electron chi connectivity index (χ2n) is 6.14. The summed E-state index contributed by atoms with van der Waals surface area (Å²) in [7, 11) is 0. The number of aryl methyl sites for hydroxylation is 1. The fourth-order valence-corrected chi connectivity index (χ4v) is 2.48. The van der Waals surface area contributed by atoms with Gasteiger partial charge in [-0.05, 0) is 24.8 Å². The summed E-state index contributed by atoms with van der Waals surface area (Å²) in [5.41, 5.74) is 2.11. The van der Waals surface area contributed by atoms with Gasteiger partial charge in [0, 0.05) is 13.0 Å². The quantitative estimate of drug-likeness (QED) is 0.798. The third-order valence-corrected chi connectivity index (χ3v) is 3.76. The molecule has 0 spiro atoms. The SMILES string of the molecule is CCCCC(=O)N(Cc1ccc(C)cc1)[C@H](C(=O)O)C(C)C. The molecule has 1 atom stereocenters. The van der Waals surface area contributed by atoms with Crippen LogP contribution in [0.1, 0.15) is 51.2 Å². The van der Waals surface area contributed by atoms with E-state index < -0.39 is 12.0 Å². The third kappa shape index (κ3) is 5.17. The van der Waals surface area contributed by atoms with Crippen molar-refractivity contribution in [1.82, 2.24) is 4.90 Å². The van der Waals surface area contributed by atoms with Gasteiger partial charge in [-0.1, -0.05) is 57.0 Å². The molecule has 4 heteroatoms. The summed E-state index contributed by atoms with van der Waals surface area (Å²) >= 11 is 0. The predicted molar refractivity (Wildman–Crippen MR) is 87.5 cm³/mol. The van der Waals surface area contributed by atoms with Gasteiger partial charge in [0.25, 0.3) is 0 Å². The highest BCUT2D eigenvalue weighted by Crippen LogP contribution is 2.18. The highest BCUT2D eigenvalue weighted by Gasteiger charge is 2.31. The molecule has 1 aromatic carbocycles. The Hall–Kier alpha value is -1.84. The number of carbonyl (C=O) groups is 2. The van der Waals surface area contributed by atoms with Crippen LogP contribution in [0.25, 0.3) is 0 Å². The van der Waals surface area contributed by atoms with E-state index in [9.17, 15) is 14.7 Å². The number of aliphatic carboxylic acids is 1. The lowest BCUT2D eigenvalue weighted by Gasteiger charge is -2.31. The molecule has 1 amide bonds. The molecule has 0 saturated heterocycles. The number of carboxylic acids is 1. The van der Waals surface area contributed by atoms with Gasteiger partial charge in [-0.3, -0.25) is 4.79 Å². The molecule has 1 N–H and O–H groups in total. The Morgan fingerprint density at radius 2 is 1.77 bits per heavy atom. The highest BCUT2D eigenvalue weighted by atomic mass is 16.4. The summed E-state index contributed by atoms with van der Waals surface area (Å²) in [4.78, 5) is 25.6. The van der Waals surface area contributed by atoms with Crippen molar-refractivity contribution in [3.63, 3.8) is 0 Å². The first-order valence-corrected chi connectivity index (χ1v) is 7.94. The van der Waals surface area contributed by atoms with Gasteiger partial charge in [0.15, 0.2) is 0 Å². The summed E-state index contributed by atoms with van der Waals surface area (Å²) in [5.74, 6) is -1.15. The largest absolute Gasteiger partial charge is 0.480 e. The van der Waals surface area contributed by atoms with Crippen molar-refractivity contribution >= 4 is 11.9 Å². The van der Waals surface area contributed by atoms with Crippen LogP contribution in [0.5, 0.6) is 0 Å². The van der Waals surface area contributed by atoms with Gasteiger partial charge in [-0.25, -0.2) is 4.79 Å². The monoisotopic (exact) mass is 305 g/mol. The minimum absolute atomic E-state index is 0.0801. The van der Waals surface area contributed by atoms with Crippen molar-refractivity contribution in [2.45, 2.75) is 59.5 Å². The van der Waals surface area contributed by atoms with Gasteiger partial charge < -0.3 is 10.0 Å². The Kier molecular flexibility index (Phi) is 7.09. The van der Waals surface area contributed by atoms with Crippen LogP contribution in [0, 0.1) is 12.8 Å². The fourth-order valence-electron chi connectivity index (χ4n) is 2.48. The zero-order valence-corrected chi connectivity index (χ0v) is 14.0. The van der Waals surface area contributed by atoms with E-state index in [1.165, 1.54) is 4.90 Å². The lowest BCUT2D eigenvalue weighted by molar-refractivity contribution is -0.153. The van der Waals surface area contributed by atoms with Crippen LogP contribution in [0.3, 0.4) is 0 Å². The van der Waals surface area contributed by atoms with Gasteiger partial charge in [-0.15, -0.1) is 0 Å². The minimum Gasteiger partial charge on any atom is -0.480 e. The average molecular weight is 305 g/mol. The van der Waals surface area contributed by atoms with E-state index in [0.717, 1.165) is 24.0 Å². The van der Waals surface area contributed by atoms with E-state index in [2.05, 4.69) is 0 Å². The molecule has 0 bridgehead atoms. The van der Waals surface area contributed by atoms with Crippen molar-refractivity contribution in [1.29, 1.82) is 0 Å². The van der Waals surface area contributed by atoms with Crippen LogP contribution in [0.15, 0.2) is 24.3 Å². The summed E-state index contributed by atoms with van der Waals surface area (Å²) < 4.78 is 0. The highest BCUT2D eigenvalue weighted by molar-refractivity contribution is 5.83. The Morgan fingerprint density at radius 1 is 1.18 bits per heavy atom. The zero-order chi connectivity index (χ0) is 16.7. The number of benzene rings is 1. The molecule has 0 aliphatic heterocycles. The number of carboxylic acid groups (broad SMARTS) is 1. The molecular formula is C18H27NO3. The number of unbranched alkanes of at least 4 members (excludes halogenated alkanes) is 1. The zero-order valence-electron chi connectivity index (χ0n) is 14.0. The molecule has 0 saturated carbocycles.